The van der Waals surface area contributed by atoms with Gasteiger partial charge in [-0.15, -0.1) is 0 Å². The summed E-state index contributed by atoms with van der Waals surface area (Å²) in [5, 5.41) is 35.1. The zero-order chi connectivity index (χ0) is 18.8. The van der Waals surface area contributed by atoms with E-state index in [9.17, 15) is 15.5 Å². The molecule has 0 bridgehead atoms. The standard InChI is InChI=1S/C22H19N2O3/c25-22-18-13-17(12-11-15-7-3-1-4-8-15)20(24(26)27)14-19(18)23-21(22)16-9-5-2-6-10-16/h1-14,21-23,25-26H/q-1. The van der Waals surface area contributed by atoms with Crippen molar-refractivity contribution in [3.05, 3.63) is 100 Å². The number of nitrogens with zero attached hydrogens (tertiary/aromatic N) is 1. The molecule has 0 aromatic heterocycles. The van der Waals surface area contributed by atoms with E-state index < -0.39 is 6.10 Å². The summed E-state index contributed by atoms with van der Waals surface area (Å²) in [6.45, 7) is 0. The van der Waals surface area contributed by atoms with Crippen molar-refractivity contribution in [1.82, 2.24) is 0 Å². The lowest BCUT2D eigenvalue weighted by Gasteiger charge is -2.24. The van der Waals surface area contributed by atoms with Gasteiger partial charge in [0, 0.05) is 11.3 Å². The van der Waals surface area contributed by atoms with Crippen LogP contribution >= 0.6 is 0 Å². The first-order valence-electron chi connectivity index (χ1n) is 8.70. The van der Waals surface area contributed by atoms with E-state index >= 15 is 0 Å². The first-order chi connectivity index (χ1) is 13.1. The minimum Gasteiger partial charge on any atom is -0.733 e. The van der Waals surface area contributed by atoms with Crippen LogP contribution in [0, 0.1) is 5.21 Å². The first kappa shape index (κ1) is 17.3. The smallest absolute Gasteiger partial charge is 0.105 e. The van der Waals surface area contributed by atoms with Gasteiger partial charge in [-0.05, 0) is 28.8 Å². The zero-order valence-electron chi connectivity index (χ0n) is 14.5. The molecule has 0 spiro atoms. The van der Waals surface area contributed by atoms with Gasteiger partial charge in [0.2, 0.25) is 0 Å². The van der Waals surface area contributed by atoms with Gasteiger partial charge in [-0.25, -0.2) is 0 Å². The fraction of sp³-hybridized carbons (Fsp3) is 0.0909. The molecule has 0 amide bonds. The van der Waals surface area contributed by atoms with Crippen LogP contribution in [0.2, 0.25) is 0 Å². The van der Waals surface area contributed by atoms with Crippen LogP contribution in [0.4, 0.5) is 11.4 Å². The average Bonchev–Trinajstić information content (AvgIpc) is 3.03. The van der Waals surface area contributed by atoms with Gasteiger partial charge in [0.05, 0.1) is 11.7 Å². The highest BCUT2D eigenvalue weighted by Crippen LogP contribution is 2.45. The highest BCUT2D eigenvalue weighted by atomic mass is 16.8. The van der Waals surface area contributed by atoms with Crippen molar-refractivity contribution >= 4 is 23.5 Å². The van der Waals surface area contributed by atoms with E-state index in [1.807, 2.05) is 66.7 Å². The van der Waals surface area contributed by atoms with Gasteiger partial charge in [-0.2, -0.15) is 0 Å². The van der Waals surface area contributed by atoms with E-state index in [1.54, 1.807) is 18.2 Å². The molecule has 136 valence electrons. The Morgan fingerprint density at radius 2 is 1.59 bits per heavy atom. The molecule has 0 fully saturated rings. The molecule has 2 atom stereocenters. The lowest BCUT2D eigenvalue weighted by atomic mass is 9.98. The second-order valence-electron chi connectivity index (χ2n) is 6.49. The Morgan fingerprint density at radius 1 is 0.926 bits per heavy atom. The summed E-state index contributed by atoms with van der Waals surface area (Å²) in [6, 6.07) is 22.3. The van der Waals surface area contributed by atoms with Crippen molar-refractivity contribution in [1.29, 1.82) is 0 Å². The Kier molecular flexibility index (Phi) is 4.64. The van der Waals surface area contributed by atoms with Crippen molar-refractivity contribution < 1.29 is 10.3 Å². The van der Waals surface area contributed by atoms with Gasteiger partial charge in [0.15, 0.2) is 0 Å². The van der Waals surface area contributed by atoms with E-state index in [1.165, 1.54) is 0 Å². The molecule has 0 saturated heterocycles. The summed E-state index contributed by atoms with van der Waals surface area (Å²) in [4.78, 5) is 0. The molecule has 1 aliphatic heterocycles. The van der Waals surface area contributed by atoms with E-state index in [0.29, 0.717) is 16.8 Å². The second kappa shape index (κ2) is 7.25. The van der Waals surface area contributed by atoms with Crippen LogP contribution in [0.3, 0.4) is 0 Å². The van der Waals surface area contributed by atoms with Gasteiger partial charge in [0.1, 0.15) is 6.10 Å². The number of aliphatic hydroxyl groups excluding tert-OH is 1. The van der Waals surface area contributed by atoms with Gasteiger partial charge in [-0.3, -0.25) is 5.21 Å². The molecule has 0 saturated carbocycles. The van der Waals surface area contributed by atoms with Crippen molar-refractivity contribution in [2.24, 2.45) is 0 Å². The van der Waals surface area contributed by atoms with Gasteiger partial charge in [-0.1, -0.05) is 72.8 Å². The van der Waals surface area contributed by atoms with Crippen LogP contribution in [0.15, 0.2) is 72.8 Å². The monoisotopic (exact) mass is 359 g/mol. The molecule has 2 unspecified atom stereocenters. The third-order valence-corrected chi connectivity index (χ3v) is 4.76. The van der Waals surface area contributed by atoms with E-state index in [2.05, 4.69) is 5.32 Å². The first-order valence-corrected chi connectivity index (χ1v) is 8.70. The maximum atomic E-state index is 11.7. The van der Waals surface area contributed by atoms with Crippen LogP contribution in [0.25, 0.3) is 12.2 Å². The topological polar surface area (TPSA) is 78.8 Å². The fourth-order valence-electron chi connectivity index (χ4n) is 3.39. The number of aliphatic hydroxyl groups is 1. The third-order valence-electron chi connectivity index (χ3n) is 4.76. The molecule has 4 rings (SSSR count). The molecule has 5 nitrogen and oxygen atoms in total. The van der Waals surface area contributed by atoms with E-state index in [-0.39, 0.29) is 17.0 Å². The quantitative estimate of drug-likeness (QED) is 0.463. The predicted octanol–water partition coefficient (Wildman–Crippen LogP) is 4.75. The Hall–Kier alpha value is -3.12. The lowest BCUT2D eigenvalue weighted by molar-refractivity contribution is 0.164. The summed E-state index contributed by atoms with van der Waals surface area (Å²) < 4.78 is 0. The van der Waals surface area contributed by atoms with Gasteiger partial charge < -0.3 is 20.9 Å². The van der Waals surface area contributed by atoms with Crippen molar-refractivity contribution in [3.8, 4) is 0 Å². The summed E-state index contributed by atoms with van der Waals surface area (Å²) in [5.74, 6) is 0. The summed E-state index contributed by atoms with van der Waals surface area (Å²) >= 11 is 0. The Bertz CT molecular complexity index is 956. The second-order valence-corrected chi connectivity index (χ2v) is 6.49. The normalized spacial score (nSPS) is 18.3. The zero-order valence-corrected chi connectivity index (χ0v) is 14.5. The van der Waals surface area contributed by atoms with Gasteiger partial charge >= 0.3 is 0 Å². The highest BCUT2D eigenvalue weighted by molar-refractivity contribution is 5.81. The maximum Gasteiger partial charge on any atom is 0.105 e. The summed E-state index contributed by atoms with van der Waals surface area (Å²) in [5.41, 5.74) is 3.91. The molecule has 3 N–H and O–H groups in total. The molecule has 1 aliphatic rings. The van der Waals surface area contributed by atoms with Crippen molar-refractivity contribution in [2.75, 3.05) is 10.5 Å². The number of nitrogens with one attached hydrogen (secondary N) is 1. The number of benzene rings is 3. The van der Waals surface area contributed by atoms with Crippen LogP contribution in [0.5, 0.6) is 0 Å². The molecule has 5 heteroatoms. The predicted molar refractivity (Wildman–Crippen MR) is 107 cm³/mol. The number of fused-ring (bicyclic) bond motifs is 1. The molecule has 0 aliphatic carbocycles. The van der Waals surface area contributed by atoms with E-state index in [0.717, 1.165) is 11.1 Å². The molecule has 3 aromatic rings. The average molecular weight is 359 g/mol. The minimum atomic E-state index is -0.751. The molecule has 1 heterocycles. The number of anilines is 2. The van der Waals surface area contributed by atoms with Crippen molar-refractivity contribution in [3.63, 3.8) is 0 Å². The van der Waals surface area contributed by atoms with Crippen molar-refractivity contribution in [2.45, 2.75) is 12.1 Å². The molecular formula is C22H19N2O3-. The fourth-order valence-corrected chi connectivity index (χ4v) is 3.39. The molecule has 0 radical (unpaired) electrons. The van der Waals surface area contributed by atoms with Gasteiger partial charge in [0.25, 0.3) is 0 Å². The maximum absolute atomic E-state index is 11.7. The third kappa shape index (κ3) is 3.44. The Morgan fingerprint density at radius 3 is 2.26 bits per heavy atom. The Balaban J connectivity index is 1.71. The summed E-state index contributed by atoms with van der Waals surface area (Å²) in [7, 11) is 0. The Labute approximate surface area is 157 Å². The number of hydrogen-bond acceptors (Lipinski definition) is 5. The van der Waals surface area contributed by atoms with E-state index in [4.69, 9.17) is 0 Å². The number of rotatable bonds is 4. The molecular weight excluding hydrogens is 340 g/mol. The minimum absolute atomic E-state index is 0.120. The SMILES string of the molecule is [O-]N(O)c1cc2c(cc1C=Cc1ccccc1)C(O)C(c1ccccc1)N2. The van der Waals surface area contributed by atoms with Crippen LogP contribution in [-0.4, -0.2) is 10.3 Å². The van der Waals surface area contributed by atoms with Crippen LogP contribution in [0.1, 0.15) is 34.4 Å². The largest absolute Gasteiger partial charge is 0.733 e. The number of hydrogen-bond donors (Lipinski definition) is 3. The summed E-state index contributed by atoms with van der Waals surface area (Å²) in [6.07, 6.45) is 2.87. The van der Waals surface area contributed by atoms with Crippen LogP contribution in [-0.2, 0) is 0 Å². The van der Waals surface area contributed by atoms with Crippen LogP contribution < -0.4 is 10.5 Å². The lowest BCUT2D eigenvalue weighted by Crippen LogP contribution is -2.10. The highest BCUT2D eigenvalue weighted by Gasteiger charge is 2.32. The molecule has 3 aromatic carbocycles. The molecule has 27 heavy (non-hydrogen) atoms.